The van der Waals surface area contributed by atoms with Crippen molar-refractivity contribution in [1.82, 2.24) is 20.0 Å². The Morgan fingerprint density at radius 3 is 3.10 bits per heavy atom. The van der Waals surface area contributed by atoms with Crippen molar-refractivity contribution in [2.75, 3.05) is 13.1 Å². The number of hydrogen-bond acceptors (Lipinski definition) is 5. The quantitative estimate of drug-likeness (QED) is 0.860. The molecule has 106 valence electrons. The van der Waals surface area contributed by atoms with E-state index in [1.807, 2.05) is 18.3 Å². The van der Waals surface area contributed by atoms with Gasteiger partial charge in [-0.1, -0.05) is 11.2 Å². The van der Waals surface area contributed by atoms with Crippen LogP contribution in [-0.4, -0.2) is 33.1 Å². The average molecular weight is 276 g/mol. The summed E-state index contributed by atoms with van der Waals surface area (Å²) in [5.74, 6) is 0.576. The van der Waals surface area contributed by atoms with Crippen LogP contribution in [0.15, 0.2) is 29.0 Å². The highest BCUT2D eigenvalue weighted by atomic mass is 19.1. The highest BCUT2D eigenvalue weighted by Crippen LogP contribution is 2.35. The van der Waals surface area contributed by atoms with Crippen LogP contribution in [0.4, 0.5) is 4.39 Å². The summed E-state index contributed by atoms with van der Waals surface area (Å²) >= 11 is 0. The molecule has 1 fully saturated rings. The van der Waals surface area contributed by atoms with Gasteiger partial charge in [-0.25, -0.2) is 4.39 Å². The van der Waals surface area contributed by atoms with Gasteiger partial charge in [-0.2, -0.15) is 4.98 Å². The van der Waals surface area contributed by atoms with Crippen LogP contribution in [-0.2, 0) is 12.2 Å². The van der Waals surface area contributed by atoms with Crippen molar-refractivity contribution in [2.45, 2.75) is 32.0 Å². The molecule has 1 saturated heterocycles. The summed E-state index contributed by atoms with van der Waals surface area (Å²) < 4.78 is 20.0. The van der Waals surface area contributed by atoms with E-state index in [0.717, 1.165) is 18.5 Å². The largest absolute Gasteiger partial charge is 0.336 e. The minimum absolute atomic E-state index is 0.103. The second-order valence-corrected chi connectivity index (χ2v) is 5.29. The van der Waals surface area contributed by atoms with Crippen molar-refractivity contribution < 1.29 is 8.91 Å². The Labute approximate surface area is 116 Å². The molecular formula is C14H17FN4O. The minimum atomic E-state index is -1.54. The molecule has 0 bridgehead atoms. The van der Waals surface area contributed by atoms with Gasteiger partial charge in [0, 0.05) is 25.5 Å². The first-order chi connectivity index (χ1) is 9.66. The molecule has 0 spiro atoms. The molecule has 1 aliphatic heterocycles. The number of aromatic nitrogens is 3. The minimum Gasteiger partial charge on any atom is -0.336 e. The molecule has 0 saturated carbocycles. The van der Waals surface area contributed by atoms with E-state index in [1.165, 1.54) is 0 Å². The first-order valence-electron chi connectivity index (χ1n) is 6.77. The predicted molar refractivity (Wildman–Crippen MR) is 70.6 cm³/mol. The van der Waals surface area contributed by atoms with Crippen LogP contribution in [0.1, 0.15) is 30.1 Å². The van der Waals surface area contributed by atoms with E-state index in [2.05, 4.69) is 20.0 Å². The number of halogens is 1. The molecule has 3 heterocycles. The summed E-state index contributed by atoms with van der Waals surface area (Å²) in [6.45, 7) is 3.54. The van der Waals surface area contributed by atoms with E-state index in [9.17, 15) is 0 Å². The third kappa shape index (κ3) is 2.70. The van der Waals surface area contributed by atoms with Crippen LogP contribution < -0.4 is 0 Å². The molecule has 1 atom stereocenters. The van der Waals surface area contributed by atoms with Crippen molar-refractivity contribution in [3.63, 3.8) is 0 Å². The van der Waals surface area contributed by atoms with Gasteiger partial charge in [0.1, 0.15) is 0 Å². The summed E-state index contributed by atoms with van der Waals surface area (Å²) in [6, 6.07) is 3.89. The first-order valence-corrected chi connectivity index (χ1v) is 6.77. The van der Waals surface area contributed by atoms with Crippen molar-refractivity contribution in [1.29, 1.82) is 0 Å². The van der Waals surface area contributed by atoms with Crippen LogP contribution in [0.3, 0.4) is 0 Å². The molecule has 3 rings (SSSR count). The lowest BCUT2D eigenvalue weighted by Crippen LogP contribution is -2.43. The van der Waals surface area contributed by atoms with Gasteiger partial charge >= 0.3 is 0 Å². The fourth-order valence-electron chi connectivity index (χ4n) is 2.63. The molecule has 5 nitrogen and oxygen atoms in total. The van der Waals surface area contributed by atoms with Gasteiger partial charge in [0.2, 0.25) is 5.67 Å². The second-order valence-electron chi connectivity index (χ2n) is 5.29. The van der Waals surface area contributed by atoms with E-state index in [0.29, 0.717) is 18.8 Å². The summed E-state index contributed by atoms with van der Waals surface area (Å²) in [5.41, 5.74) is -0.458. The molecule has 1 aliphatic rings. The van der Waals surface area contributed by atoms with Gasteiger partial charge in [-0.05, 0) is 37.9 Å². The summed E-state index contributed by atoms with van der Waals surface area (Å²) in [5, 5.41) is 3.69. The van der Waals surface area contributed by atoms with Crippen LogP contribution in [0.5, 0.6) is 0 Å². The van der Waals surface area contributed by atoms with Gasteiger partial charge in [0.15, 0.2) is 5.82 Å². The Hall–Kier alpha value is -1.82. The number of rotatable bonds is 3. The Morgan fingerprint density at radius 2 is 2.40 bits per heavy atom. The van der Waals surface area contributed by atoms with Crippen molar-refractivity contribution >= 4 is 0 Å². The molecule has 2 aromatic rings. The first kappa shape index (κ1) is 13.2. The van der Waals surface area contributed by atoms with Gasteiger partial charge in [0.25, 0.3) is 5.89 Å². The Kier molecular flexibility index (Phi) is 3.48. The van der Waals surface area contributed by atoms with Crippen molar-refractivity contribution in [3.8, 4) is 0 Å². The Bertz CT molecular complexity index is 574. The van der Waals surface area contributed by atoms with Crippen molar-refractivity contribution in [3.05, 3.63) is 41.8 Å². The zero-order valence-electron chi connectivity index (χ0n) is 11.4. The summed E-state index contributed by atoms with van der Waals surface area (Å²) in [4.78, 5) is 10.2. The maximum Gasteiger partial charge on any atom is 0.265 e. The third-order valence-electron chi connectivity index (χ3n) is 3.56. The Balaban J connectivity index is 1.73. The molecular weight excluding hydrogens is 259 g/mol. The normalized spacial score (nSPS) is 23.9. The van der Waals surface area contributed by atoms with Gasteiger partial charge in [-0.15, -0.1) is 0 Å². The molecule has 6 heteroatoms. The second kappa shape index (κ2) is 5.28. The average Bonchev–Trinajstić information content (AvgIpc) is 2.88. The molecule has 20 heavy (non-hydrogen) atoms. The molecule has 0 N–H and O–H groups in total. The number of pyridine rings is 1. The smallest absolute Gasteiger partial charge is 0.265 e. The monoisotopic (exact) mass is 276 g/mol. The SMILES string of the molecule is Cc1noc(C2(F)CCCN(Cc3cccnc3)C2)n1. The summed E-state index contributed by atoms with van der Waals surface area (Å²) in [6.07, 6.45) is 4.75. The molecule has 2 aromatic heterocycles. The topological polar surface area (TPSA) is 55.1 Å². The molecule has 0 radical (unpaired) electrons. The number of nitrogens with zero attached hydrogens (tertiary/aromatic N) is 4. The lowest BCUT2D eigenvalue weighted by atomic mass is 9.94. The van der Waals surface area contributed by atoms with E-state index in [1.54, 1.807) is 13.1 Å². The van der Waals surface area contributed by atoms with Crippen LogP contribution in [0, 0.1) is 6.92 Å². The number of aryl methyl sites for hydroxylation is 1. The van der Waals surface area contributed by atoms with Gasteiger partial charge in [0.05, 0.1) is 0 Å². The molecule has 0 aliphatic carbocycles. The van der Waals surface area contributed by atoms with Gasteiger partial charge in [-0.3, -0.25) is 9.88 Å². The zero-order chi connectivity index (χ0) is 14.0. The van der Waals surface area contributed by atoms with E-state index >= 15 is 4.39 Å². The molecule has 0 amide bonds. The highest BCUT2D eigenvalue weighted by Gasteiger charge is 2.42. The third-order valence-corrected chi connectivity index (χ3v) is 3.56. The number of piperidine rings is 1. The lowest BCUT2D eigenvalue weighted by molar-refractivity contribution is 0.0124. The number of likely N-dealkylation sites (tertiary alicyclic amines) is 1. The Morgan fingerprint density at radius 1 is 1.50 bits per heavy atom. The fourth-order valence-corrected chi connectivity index (χ4v) is 2.63. The molecule has 1 unspecified atom stereocenters. The van der Waals surface area contributed by atoms with Crippen LogP contribution in [0.25, 0.3) is 0 Å². The van der Waals surface area contributed by atoms with Crippen LogP contribution in [0.2, 0.25) is 0 Å². The van der Waals surface area contributed by atoms with E-state index in [4.69, 9.17) is 4.52 Å². The fraction of sp³-hybridized carbons (Fsp3) is 0.500. The highest BCUT2D eigenvalue weighted by molar-refractivity contribution is 5.09. The lowest BCUT2D eigenvalue weighted by Gasteiger charge is -2.35. The van der Waals surface area contributed by atoms with Crippen molar-refractivity contribution in [2.24, 2.45) is 0 Å². The van der Waals surface area contributed by atoms with Gasteiger partial charge < -0.3 is 4.52 Å². The number of hydrogen-bond donors (Lipinski definition) is 0. The standard InChI is InChI=1S/C14H17FN4O/c1-11-17-13(20-18-11)14(15)5-3-7-19(10-14)9-12-4-2-6-16-8-12/h2,4,6,8H,3,5,7,9-10H2,1H3. The van der Waals surface area contributed by atoms with E-state index in [-0.39, 0.29) is 12.4 Å². The van der Waals surface area contributed by atoms with Crippen LogP contribution >= 0.6 is 0 Å². The number of alkyl halides is 1. The summed E-state index contributed by atoms with van der Waals surface area (Å²) in [7, 11) is 0. The zero-order valence-corrected chi connectivity index (χ0v) is 11.4. The molecule has 0 aromatic carbocycles. The maximum absolute atomic E-state index is 15.0. The van der Waals surface area contributed by atoms with E-state index < -0.39 is 5.67 Å². The predicted octanol–water partition coefficient (Wildman–Crippen LogP) is 2.23. The maximum atomic E-state index is 15.0.